The second kappa shape index (κ2) is 4.49. The van der Waals surface area contributed by atoms with Crippen LogP contribution in [0.1, 0.15) is 18.0 Å². The summed E-state index contributed by atoms with van der Waals surface area (Å²) in [4.78, 5) is 0. The molecule has 1 nitrogen and oxygen atoms in total. The predicted molar refractivity (Wildman–Crippen MR) is 51.7 cm³/mol. The molecule has 0 aliphatic rings. The third kappa shape index (κ3) is 3.46. The lowest BCUT2D eigenvalue weighted by atomic mass is 10.0. The topological polar surface area (TPSA) is 26.0 Å². The minimum atomic E-state index is -4.40. The van der Waals surface area contributed by atoms with Gasteiger partial charge in [0.1, 0.15) is 5.82 Å². The molecule has 0 aliphatic carbocycles. The van der Waals surface area contributed by atoms with Gasteiger partial charge in [-0.15, -0.1) is 0 Å². The van der Waals surface area contributed by atoms with Crippen molar-refractivity contribution in [1.29, 1.82) is 0 Å². The van der Waals surface area contributed by atoms with Gasteiger partial charge in [0.25, 0.3) is 0 Å². The molecular formula is C9H8BrF4N. The van der Waals surface area contributed by atoms with E-state index in [1.165, 1.54) is 12.1 Å². The van der Waals surface area contributed by atoms with E-state index in [0.29, 0.717) is 0 Å². The largest absolute Gasteiger partial charge is 0.390 e. The van der Waals surface area contributed by atoms with E-state index in [9.17, 15) is 17.6 Å². The summed E-state index contributed by atoms with van der Waals surface area (Å²) in [5.41, 5.74) is 5.15. The van der Waals surface area contributed by atoms with Gasteiger partial charge in [-0.1, -0.05) is 22.0 Å². The fourth-order valence-electron chi connectivity index (χ4n) is 1.22. The molecule has 0 unspecified atom stereocenters. The summed E-state index contributed by atoms with van der Waals surface area (Å²) in [6.07, 6.45) is -5.65. The first-order valence-electron chi connectivity index (χ1n) is 4.07. The molecule has 15 heavy (non-hydrogen) atoms. The summed E-state index contributed by atoms with van der Waals surface area (Å²) in [5.74, 6) is -0.735. The van der Waals surface area contributed by atoms with Crippen molar-refractivity contribution in [2.24, 2.45) is 5.73 Å². The van der Waals surface area contributed by atoms with Gasteiger partial charge in [0.05, 0.1) is 6.42 Å². The molecule has 0 saturated heterocycles. The molecular weight excluding hydrogens is 278 g/mol. The first-order chi connectivity index (χ1) is 6.81. The summed E-state index contributed by atoms with van der Waals surface area (Å²) < 4.78 is 49.6. The average molecular weight is 286 g/mol. The molecule has 0 bridgehead atoms. The maximum Gasteiger partial charge on any atom is 0.390 e. The molecule has 0 saturated carbocycles. The number of halogens is 5. The zero-order valence-electron chi connectivity index (χ0n) is 7.48. The summed E-state index contributed by atoms with van der Waals surface area (Å²) in [7, 11) is 0. The molecule has 1 atom stereocenters. The van der Waals surface area contributed by atoms with Crippen LogP contribution in [0.25, 0.3) is 0 Å². The van der Waals surface area contributed by atoms with Crippen molar-refractivity contribution in [1.82, 2.24) is 0 Å². The fraction of sp³-hybridized carbons (Fsp3) is 0.333. The SMILES string of the molecule is N[C@H](CC(F)(F)F)c1c(F)cccc1Br. The van der Waals surface area contributed by atoms with Crippen LogP contribution in [0.5, 0.6) is 0 Å². The van der Waals surface area contributed by atoms with Crippen LogP contribution in [-0.2, 0) is 0 Å². The quantitative estimate of drug-likeness (QED) is 0.827. The molecule has 0 amide bonds. The number of alkyl halides is 3. The molecule has 0 aliphatic heterocycles. The number of rotatable bonds is 2. The van der Waals surface area contributed by atoms with E-state index in [2.05, 4.69) is 15.9 Å². The Labute approximate surface area is 92.4 Å². The minimum absolute atomic E-state index is 0.144. The molecule has 6 heteroatoms. The van der Waals surface area contributed by atoms with Crippen LogP contribution in [0, 0.1) is 5.82 Å². The average Bonchev–Trinajstić information content (AvgIpc) is 1.99. The van der Waals surface area contributed by atoms with Gasteiger partial charge in [0, 0.05) is 16.1 Å². The van der Waals surface area contributed by atoms with E-state index >= 15 is 0 Å². The van der Waals surface area contributed by atoms with Gasteiger partial charge in [0.15, 0.2) is 0 Å². The Hall–Kier alpha value is -0.620. The molecule has 84 valence electrons. The highest BCUT2D eigenvalue weighted by molar-refractivity contribution is 9.10. The molecule has 0 fully saturated rings. The van der Waals surface area contributed by atoms with Crippen molar-refractivity contribution >= 4 is 15.9 Å². The Balaban J connectivity index is 2.96. The Morgan fingerprint density at radius 3 is 2.40 bits per heavy atom. The normalized spacial score (nSPS) is 14.0. The van der Waals surface area contributed by atoms with Crippen molar-refractivity contribution in [2.45, 2.75) is 18.6 Å². The smallest absolute Gasteiger partial charge is 0.324 e. The number of benzene rings is 1. The molecule has 1 rings (SSSR count). The Morgan fingerprint density at radius 2 is 1.93 bits per heavy atom. The van der Waals surface area contributed by atoms with E-state index < -0.39 is 24.5 Å². The highest BCUT2D eigenvalue weighted by Gasteiger charge is 2.32. The van der Waals surface area contributed by atoms with Gasteiger partial charge in [-0.05, 0) is 12.1 Å². The van der Waals surface area contributed by atoms with Crippen molar-refractivity contribution in [2.75, 3.05) is 0 Å². The maximum atomic E-state index is 13.2. The Kier molecular flexibility index (Phi) is 3.72. The van der Waals surface area contributed by atoms with Crippen LogP contribution < -0.4 is 5.73 Å². The van der Waals surface area contributed by atoms with Crippen molar-refractivity contribution in [3.63, 3.8) is 0 Å². The second-order valence-corrected chi connectivity index (χ2v) is 3.92. The van der Waals surface area contributed by atoms with Gasteiger partial charge in [0.2, 0.25) is 0 Å². The molecule has 0 spiro atoms. The predicted octanol–water partition coefficient (Wildman–Crippen LogP) is 3.54. The van der Waals surface area contributed by atoms with Crippen molar-refractivity contribution in [3.8, 4) is 0 Å². The molecule has 0 aromatic heterocycles. The van der Waals surface area contributed by atoms with Crippen molar-refractivity contribution in [3.05, 3.63) is 34.1 Å². The summed E-state index contributed by atoms with van der Waals surface area (Å²) in [6, 6.07) is 2.54. The third-order valence-electron chi connectivity index (χ3n) is 1.82. The van der Waals surface area contributed by atoms with E-state index in [4.69, 9.17) is 5.73 Å². The first-order valence-corrected chi connectivity index (χ1v) is 4.87. The molecule has 1 aromatic carbocycles. The van der Waals surface area contributed by atoms with Gasteiger partial charge in [-0.25, -0.2) is 4.39 Å². The monoisotopic (exact) mass is 285 g/mol. The van der Waals surface area contributed by atoms with Crippen LogP contribution >= 0.6 is 15.9 Å². The minimum Gasteiger partial charge on any atom is -0.324 e. The van der Waals surface area contributed by atoms with Crippen LogP contribution in [0.4, 0.5) is 17.6 Å². The Bertz CT molecular complexity index is 330. The highest BCUT2D eigenvalue weighted by atomic mass is 79.9. The zero-order chi connectivity index (χ0) is 11.6. The van der Waals surface area contributed by atoms with Crippen LogP contribution in [-0.4, -0.2) is 6.18 Å². The van der Waals surface area contributed by atoms with E-state index in [0.717, 1.165) is 6.07 Å². The Morgan fingerprint density at radius 1 is 1.33 bits per heavy atom. The number of hydrogen-bond donors (Lipinski definition) is 1. The van der Waals surface area contributed by atoms with E-state index in [1.54, 1.807) is 0 Å². The second-order valence-electron chi connectivity index (χ2n) is 3.06. The molecule has 1 aromatic rings. The lowest BCUT2D eigenvalue weighted by Gasteiger charge is -2.16. The zero-order valence-corrected chi connectivity index (χ0v) is 9.07. The third-order valence-corrected chi connectivity index (χ3v) is 2.51. The number of hydrogen-bond acceptors (Lipinski definition) is 1. The van der Waals surface area contributed by atoms with Crippen LogP contribution in [0.3, 0.4) is 0 Å². The number of nitrogens with two attached hydrogens (primary N) is 1. The molecule has 0 radical (unpaired) electrons. The molecule has 0 heterocycles. The fourth-order valence-corrected chi connectivity index (χ4v) is 1.85. The maximum absolute atomic E-state index is 13.2. The van der Waals surface area contributed by atoms with Gasteiger partial charge < -0.3 is 5.73 Å². The lowest BCUT2D eigenvalue weighted by molar-refractivity contribution is -0.138. The standard InChI is InChI=1S/C9H8BrF4N/c10-5-2-1-3-6(11)8(5)7(15)4-9(12,13)14/h1-3,7H,4,15H2/t7-/m1/s1. The first kappa shape index (κ1) is 12.4. The van der Waals surface area contributed by atoms with Crippen molar-refractivity contribution < 1.29 is 17.6 Å². The van der Waals surface area contributed by atoms with Crippen LogP contribution in [0.2, 0.25) is 0 Å². The summed E-state index contributed by atoms with van der Waals surface area (Å²) in [5, 5.41) is 0. The van der Waals surface area contributed by atoms with Gasteiger partial charge in [-0.2, -0.15) is 13.2 Å². The van der Waals surface area contributed by atoms with Gasteiger partial charge >= 0.3 is 6.18 Å². The lowest BCUT2D eigenvalue weighted by Crippen LogP contribution is -2.21. The summed E-state index contributed by atoms with van der Waals surface area (Å²) in [6.45, 7) is 0. The molecule has 2 N–H and O–H groups in total. The van der Waals surface area contributed by atoms with E-state index in [1.807, 2.05) is 0 Å². The van der Waals surface area contributed by atoms with Gasteiger partial charge in [-0.3, -0.25) is 0 Å². The summed E-state index contributed by atoms with van der Waals surface area (Å²) >= 11 is 2.97. The van der Waals surface area contributed by atoms with Crippen LogP contribution in [0.15, 0.2) is 22.7 Å². The van der Waals surface area contributed by atoms with E-state index in [-0.39, 0.29) is 10.0 Å². The highest BCUT2D eigenvalue weighted by Crippen LogP contribution is 2.32.